The maximum atomic E-state index is 13.1. The maximum Gasteiger partial charge on any atom is 0.264 e. The monoisotopic (exact) mass is 438 g/mol. The molecule has 3 aromatic carbocycles. The summed E-state index contributed by atoms with van der Waals surface area (Å²) in [4.78, 5) is 12.7. The average Bonchev–Trinajstić information content (AvgIpc) is 2.78. The third kappa shape index (κ3) is 5.24. The van der Waals surface area contributed by atoms with Crippen LogP contribution < -0.4 is 14.4 Å². The van der Waals surface area contributed by atoms with Gasteiger partial charge in [-0.05, 0) is 50.2 Å². The molecule has 0 fully saturated rings. The molecule has 6 nitrogen and oxygen atoms in total. The number of hydrogen-bond donors (Lipinski definition) is 1. The van der Waals surface area contributed by atoms with E-state index in [0.717, 1.165) is 11.1 Å². The number of nitrogens with one attached hydrogen (secondary N) is 1. The van der Waals surface area contributed by atoms with E-state index in [-0.39, 0.29) is 22.9 Å². The Morgan fingerprint density at radius 3 is 2.42 bits per heavy atom. The predicted molar refractivity (Wildman–Crippen MR) is 122 cm³/mol. The van der Waals surface area contributed by atoms with Gasteiger partial charge in [-0.25, -0.2) is 8.42 Å². The van der Waals surface area contributed by atoms with Crippen LogP contribution in [0.1, 0.15) is 28.4 Å². The van der Waals surface area contributed by atoms with E-state index in [1.807, 2.05) is 50.2 Å². The molecule has 3 rings (SSSR count). The number of aryl methyl sites for hydroxylation is 1. The number of ether oxygens (including phenoxy) is 1. The quantitative estimate of drug-likeness (QED) is 0.573. The molecule has 162 valence electrons. The fourth-order valence-corrected chi connectivity index (χ4v) is 4.32. The molecule has 1 N–H and O–H groups in total. The van der Waals surface area contributed by atoms with Crippen LogP contribution in [0, 0.1) is 6.92 Å². The first-order chi connectivity index (χ1) is 14.8. The van der Waals surface area contributed by atoms with Crippen LogP contribution in [0.4, 0.5) is 5.69 Å². The Morgan fingerprint density at radius 1 is 1.00 bits per heavy atom. The van der Waals surface area contributed by atoms with Gasteiger partial charge in [0.25, 0.3) is 15.9 Å². The highest BCUT2D eigenvalue weighted by atomic mass is 32.2. The van der Waals surface area contributed by atoms with Crippen molar-refractivity contribution in [3.05, 3.63) is 89.5 Å². The van der Waals surface area contributed by atoms with Crippen LogP contribution >= 0.6 is 0 Å². The van der Waals surface area contributed by atoms with Crippen LogP contribution in [-0.4, -0.2) is 28.0 Å². The number of hydrogen-bond acceptors (Lipinski definition) is 4. The molecule has 0 saturated carbocycles. The van der Waals surface area contributed by atoms with Gasteiger partial charge in [0, 0.05) is 24.7 Å². The molecule has 0 radical (unpaired) electrons. The summed E-state index contributed by atoms with van der Waals surface area (Å²) in [6.07, 6.45) is 0. The van der Waals surface area contributed by atoms with Crippen molar-refractivity contribution in [1.82, 2.24) is 5.32 Å². The van der Waals surface area contributed by atoms with Crippen molar-refractivity contribution in [1.29, 1.82) is 0 Å². The molecule has 0 bridgehead atoms. The molecule has 0 unspecified atom stereocenters. The summed E-state index contributed by atoms with van der Waals surface area (Å²) in [5.41, 5.74) is 2.71. The highest BCUT2D eigenvalue weighted by molar-refractivity contribution is 7.92. The lowest BCUT2D eigenvalue weighted by atomic mass is 10.1. The summed E-state index contributed by atoms with van der Waals surface area (Å²) in [6.45, 7) is 4.64. The zero-order chi connectivity index (χ0) is 22.4. The second-order valence-electron chi connectivity index (χ2n) is 7.06. The number of carbonyl (C=O) groups is 1. The van der Waals surface area contributed by atoms with Gasteiger partial charge in [-0.1, -0.05) is 42.0 Å². The summed E-state index contributed by atoms with van der Waals surface area (Å²) in [5, 5.41) is 2.83. The zero-order valence-corrected chi connectivity index (χ0v) is 18.6. The normalized spacial score (nSPS) is 11.1. The number of benzene rings is 3. The summed E-state index contributed by atoms with van der Waals surface area (Å²) >= 11 is 0. The van der Waals surface area contributed by atoms with Gasteiger partial charge in [-0.2, -0.15) is 0 Å². The number of nitrogens with zero attached hydrogens (tertiary/aromatic N) is 1. The van der Waals surface area contributed by atoms with Gasteiger partial charge in [0.1, 0.15) is 5.75 Å². The SMILES string of the molecule is CCOc1ccccc1CNC(=O)c1cccc(S(=O)(=O)N(C)c2ccc(C)cc2)c1. The molecular formula is C24H26N2O4S. The van der Waals surface area contributed by atoms with Crippen LogP contribution in [0.5, 0.6) is 5.75 Å². The highest BCUT2D eigenvalue weighted by Crippen LogP contribution is 2.23. The van der Waals surface area contributed by atoms with Crippen molar-refractivity contribution in [2.45, 2.75) is 25.3 Å². The van der Waals surface area contributed by atoms with Crippen molar-refractivity contribution < 1.29 is 17.9 Å². The van der Waals surface area contributed by atoms with Crippen LogP contribution in [0.2, 0.25) is 0 Å². The van der Waals surface area contributed by atoms with E-state index in [0.29, 0.717) is 18.0 Å². The topological polar surface area (TPSA) is 75.7 Å². The standard InChI is InChI=1S/C24H26N2O4S/c1-4-30-23-11-6-5-8-20(23)17-25-24(27)19-9-7-10-22(16-19)31(28,29)26(3)21-14-12-18(2)13-15-21/h5-16H,4,17H2,1-3H3,(H,25,27). The third-order valence-electron chi connectivity index (χ3n) is 4.86. The Hall–Kier alpha value is -3.32. The fourth-order valence-electron chi connectivity index (χ4n) is 3.07. The van der Waals surface area contributed by atoms with Crippen molar-refractivity contribution in [3.63, 3.8) is 0 Å². The number of carbonyl (C=O) groups excluding carboxylic acids is 1. The van der Waals surface area contributed by atoms with E-state index in [2.05, 4.69) is 5.32 Å². The average molecular weight is 439 g/mol. The van der Waals surface area contributed by atoms with E-state index in [1.54, 1.807) is 24.3 Å². The van der Waals surface area contributed by atoms with Gasteiger partial charge >= 0.3 is 0 Å². The molecular weight excluding hydrogens is 412 g/mol. The molecule has 7 heteroatoms. The Kier molecular flexibility index (Phi) is 6.97. The molecule has 0 spiro atoms. The van der Waals surface area contributed by atoms with Gasteiger partial charge in [0.15, 0.2) is 0 Å². The molecule has 1 amide bonds. The summed E-state index contributed by atoms with van der Waals surface area (Å²) < 4.78 is 32.9. The second-order valence-corrected chi connectivity index (χ2v) is 9.03. The van der Waals surface area contributed by atoms with Crippen LogP contribution in [0.15, 0.2) is 77.7 Å². The number of para-hydroxylation sites is 1. The number of anilines is 1. The fraction of sp³-hybridized carbons (Fsp3) is 0.208. The highest BCUT2D eigenvalue weighted by Gasteiger charge is 2.22. The molecule has 31 heavy (non-hydrogen) atoms. The molecule has 0 saturated heterocycles. The Morgan fingerprint density at radius 2 is 1.71 bits per heavy atom. The van der Waals surface area contributed by atoms with Gasteiger partial charge in [-0.3, -0.25) is 9.10 Å². The Balaban J connectivity index is 1.77. The Bertz CT molecular complexity index is 1160. The molecule has 0 aliphatic heterocycles. The van der Waals surface area contributed by atoms with Crippen molar-refractivity contribution in [3.8, 4) is 5.75 Å². The Labute approximate surface area is 183 Å². The number of rotatable bonds is 8. The first-order valence-corrected chi connectivity index (χ1v) is 11.4. The van der Waals surface area contributed by atoms with E-state index in [4.69, 9.17) is 4.74 Å². The molecule has 0 aromatic heterocycles. The van der Waals surface area contributed by atoms with Gasteiger partial charge in [-0.15, -0.1) is 0 Å². The molecule has 0 aliphatic rings. The maximum absolute atomic E-state index is 13.1. The van der Waals surface area contributed by atoms with Crippen LogP contribution in [0.3, 0.4) is 0 Å². The van der Waals surface area contributed by atoms with E-state index in [9.17, 15) is 13.2 Å². The number of sulfonamides is 1. The van der Waals surface area contributed by atoms with Gasteiger partial charge in [0.2, 0.25) is 0 Å². The van der Waals surface area contributed by atoms with E-state index < -0.39 is 10.0 Å². The van der Waals surface area contributed by atoms with Crippen LogP contribution in [0.25, 0.3) is 0 Å². The van der Waals surface area contributed by atoms with Crippen LogP contribution in [-0.2, 0) is 16.6 Å². The van der Waals surface area contributed by atoms with E-state index in [1.165, 1.54) is 23.5 Å². The minimum atomic E-state index is -3.81. The third-order valence-corrected chi connectivity index (χ3v) is 6.65. The summed E-state index contributed by atoms with van der Waals surface area (Å²) in [6, 6.07) is 20.7. The second kappa shape index (κ2) is 9.66. The lowest BCUT2D eigenvalue weighted by molar-refractivity contribution is 0.0950. The smallest absolute Gasteiger partial charge is 0.264 e. The first-order valence-electron chi connectivity index (χ1n) is 9.97. The largest absolute Gasteiger partial charge is 0.494 e. The minimum absolute atomic E-state index is 0.0536. The lowest BCUT2D eigenvalue weighted by Crippen LogP contribution is -2.27. The molecule has 0 atom stereocenters. The molecule has 3 aromatic rings. The van der Waals surface area contributed by atoms with Crippen molar-refractivity contribution >= 4 is 21.6 Å². The summed E-state index contributed by atoms with van der Waals surface area (Å²) in [7, 11) is -2.31. The van der Waals surface area contributed by atoms with Gasteiger partial charge in [0.05, 0.1) is 17.2 Å². The minimum Gasteiger partial charge on any atom is -0.494 e. The zero-order valence-electron chi connectivity index (χ0n) is 17.8. The lowest BCUT2D eigenvalue weighted by Gasteiger charge is -2.20. The van der Waals surface area contributed by atoms with Crippen molar-refractivity contribution in [2.24, 2.45) is 0 Å². The first kappa shape index (κ1) is 22.4. The molecule has 0 heterocycles. The van der Waals surface area contributed by atoms with Gasteiger partial charge < -0.3 is 10.1 Å². The van der Waals surface area contributed by atoms with Crippen molar-refractivity contribution in [2.75, 3.05) is 18.0 Å². The predicted octanol–water partition coefficient (Wildman–Crippen LogP) is 4.15. The number of amides is 1. The summed E-state index contributed by atoms with van der Waals surface area (Å²) in [5.74, 6) is 0.350. The molecule has 0 aliphatic carbocycles. The van der Waals surface area contributed by atoms with E-state index >= 15 is 0 Å².